The number of rotatable bonds is 2. The molecule has 5 heteroatoms. The van der Waals surface area contributed by atoms with Crippen LogP contribution < -0.4 is 0 Å². The van der Waals surface area contributed by atoms with E-state index in [2.05, 4.69) is 15.9 Å². The molecule has 1 atom stereocenters. The van der Waals surface area contributed by atoms with Gasteiger partial charge < -0.3 is 10.0 Å². The van der Waals surface area contributed by atoms with Crippen molar-refractivity contribution < 1.29 is 14.3 Å². The fourth-order valence-electron chi connectivity index (χ4n) is 2.28. The maximum atomic E-state index is 13.4. The highest BCUT2D eigenvalue weighted by molar-refractivity contribution is 9.10. The summed E-state index contributed by atoms with van der Waals surface area (Å²) in [5.41, 5.74) is 0.315. The zero-order chi connectivity index (χ0) is 13.1. The second kappa shape index (κ2) is 5.80. The number of hydrogen-bond acceptors (Lipinski definition) is 2. The summed E-state index contributed by atoms with van der Waals surface area (Å²) in [6.07, 6.45) is 2.74. The summed E-state index contributed by atoms with van der Waals surface area (Å²) in [5.74, 6) is -0.668. The summed E-state index contributed by atoms with van der Waals surface area (Å²) in [4.78, 5) is 14.0. The monoisotopic (exact) mass is 315 g/mol. The first-order chi connectivity index (χ1) is 8.65. The highest BCUT2D eigenvalue weighted by Crippen LogP contribution is 2.25. The average molecular weight is 316 g/mol. The van der Waals surface area contributed by atoms with E-state index in [0.29, 0.717) is 12.1 Å². The molecule has 1 saturated heterocycles. The Morgan fingerprint density at radius 3 is 3.00 bits per heavy atom. The molecule has 0 radical (unpaired) electrons. The Bertz CT molecular complexity index is 453. The highest BCUT2D eigenvalue weighted by Gasteiger charge is 2.28. The van der Waals surface area contributed by atoms with E-state index < -0.39 is 5.82 Å². The minimum absolute atomic E-state index is 0.0430. The molecule has 0 saturated carbocycles. The van der Waals surface area contributed by atoms with Crippen molar-refractivity contribution in [2.75, 3.05) is 13.2 Å². The number of nitrogens with zero attached hydrogens (tertiary/aromatic N) is 1. The maximum Gasteiger partial charge on any atom is 0.255 e. The molecule has 1 heterocycles. The van der Waals surface area contributed by atoms with Crippen LogP contribution in [0.3, 0.4) is 0 Å². The molecule has 0 aliphatic carbocycles. The van der Waals surface area contributed by atoms with Gasteiger partial charge >= 0.3 is 0 Å². The SMILES string of the molecule is O=C(c1cccc(F)c1Br)N1CCCCC1CO. The second-order valence-corrected chi connectivity index (χ2v) is 5.23. The van der Waals surface area contributed by atoms with Crippen molar-refractivity contribution in [1.29, 1.82) is 0 Å². The van der Waals surface area contributed by atoms with Gasteiger partial charge in [0.05, 0.1) is 22.7 Å². The van der Waals surface area contributed by atoms with Crippen LogP contribution in [0.4, 0.5) is 4.39 Å². The first-order valence-electron chi connectivity index (χ1n) is 6.01. The predicted octanol–water partition coefficient (Wildman–Crippen LogP) is 2.58. The summed E-state index contributed by atoms with van der Waals surface area (Å²) in [7, 11) is 0. The molecule has 1 unspecified atom stereocenters. The summed E-state index contributed by atoms with van der Waals surface area (Å²) in [6, 6.07) is 4.27. The molecular weight excluding hydrogens is 301 g/mol. The average Bonchev–Trinajstić information content (AvgIpc) is 2.41. The van der Waals surface area contributed by atoms with Crippen molar-refractivity contribution in [3.8, 4) is 0 Å². The number of piperidine rings is 1. The largest absolute Gasteiger partial charge is 0.394 e. The van der Waals surface area contributed by atoms with Crippen molar-refractivity contribution in [2.24, 2.45) is 0 Å². The maximum absolute atomic E-state index is 13.4. The Balaban J connectivity index is 2.27. The number of benzene rings is 1. The van der Waals surface area contributed by atoms with E-state index in [1.165, 1.54) is 12.1 Å². The van der Waals surface area contributed by atoms with E-state index in [1.807, 2.05) is 0 Å². The molecule has 1 aromatic rings. The molecule has 3 nitrogen and oxygen atoms in total. The van der Waals surface area contributed by atoms with Crippen LogP contribution in [0.5, 0.6) is 0 Å². The van der Waals surface area contributed by atoms with Crippen molar-refractivity contribution in [3.05, 3.63) is 34.1 Å². The van der Waals surface area contributed by atoms with Gasteiger partial charge in [0.25, 0.3) is 5.91 Å². The van der Waals surface area contributed by atoms with Gasteiger partial charge in [-0.25, -0.2) is 4.39 Å². The second-order valence-electron chi connectivity index (χ2n) is 4.43. The molecule has 98 valence electrons. The van der Waals surface area contributed by atoms with Crippen LogP contribution in [0, 0.1) is 5.82 Å². The van der Waals surface area contributed by atoms with Gasteiger partial charge in [0.1, 0.15) is 5.82 Å². The lowest BCUT2D eigenvalue weighted by Gasteiger charge is -2.34. The van der Waals surface area contributed by atoms with Crippen LogP contribution in [0.1, 0.15) is 29.6 Å². The molecule has 1 amide bonds. The normalized spacial score (nSPS) is 19.9. The Labute approximate surface area is 114 Å². The van der Waals surface area contributed by atoms with Crippen LogP contribution in [0.25, 0.3) is 0 Å². The van der Waals surface area contributed by atoms with Gasteiger partial charge in [-0.1, -0.05) is 6.07 Å². The van der Waals surface area contributed by atoms with Crippen molar-refractivity contribution >= 4 is 21.8 Å². The number of aliphatic hydroxyl groups excluding tert-OH is 1. The number of aliphatic hydroxyl groups is 1. The number of hydrogen-bond donors (Lipinski definition) is 1. The van der Waals surface area contributed by atoms with Gasteiger partial charge in [0.15, 0.2) is 0 Å². The third-order valence-electron chi connectivity index (χ3n) is 3.28. The number of carbonyl (C=O) groups excluding carboxylic acids is 1. The molecule has 18 heavy (non-hydrogen) atoms. The third-order valence-corrected chi connectivity index (χ3v) is 4.09. The van der Waals surface area contributed by atoms with Crippen molar-refractivity contribution in [3.63, 3.8) is 0 Å². The molecule has 1 aliphatic rings. The summed E-state index contributed by atoms with van der Waals surface area (Å²) >= 11 is 3.10. The van der Waals surface area contributed by atoms with Crippen LogP contribution in [0.2, 0.25) is 0 Å². The lowest BCUT2D eigenvalue weighted by molar-refractivity contribution is 0.0501. The van der Waals surface area contributed by atoms with Gasteiger partial charge in [-0.3, -0.25) is 4.79 Å². The molecule has 0 bridgehead atoms. The first-order valence-corrected chi connectivity index (χ1v) is 6.80. The van der Waals surface area contributed by atoms with Gasteiger partial charge in [-0.15, -0.1) is 0 Å². The molecule has 1 N–H and O–H groups in total. The fourth-order valence-corrected chi connectivity index (χ4v) is 2.72. The Morgan fingerprint density at radius 2 is 2.28 bits per heavy atom. The highest BCUT2D eigenvalue weighted by atomic mass is 79.9. The fraction of sp³-hybridized carbons (Fsp3) is 0.462. The number of likely N-dealkylation sites (tertiary alicyclic amines) is 1. The lowest BCUT2D eigenvalue weighted by Crippen LogP contribution is -2.45. The molecule has 2 rings (SSSR count). The van der Waals surface area contributed by atoms with E-state index in [0.717, 1.165) is 19.3 Å². The lowest BCUT2D eigenvalue weighted by atomic mass is 10.0. The van der Waals surface area contributed by atoms with Crippen LogP contribution >= 0.6 is 15.9 Å². The van der Waals surface area contributed by atoms with Gasteiger partial charge in [0.2, 0.25) is 0 Å². The Kier molecular flexibility index (Phi) is 4.35. The minimum atomic E-state index is -0.446. The summed E-state index contributed by atoms with van der Waals surface area (Å²) in [6.45, 7) is 0.575. The standard InChI is InChI=1S/C13H15BrFNO2/c14-12-10(5-3-6-11(12)15)13(18)16-7-2-1-4-9(16)8-17/h3,5-6,9,17H,1-2,4,7-8H2. The number of halogens is 2. The number of carbonyl (C=O) groups is 1. The van der Waals surface area contributed by atoms with E-state index in [1.54, 1.807) is 11.0 Å². The molecule has 1 fully saturated rings. The quantitative estimate of drug-likeness (QED) is 0.911. The number of amides is 1. The minimum Gasteiger partial charge on any atom is -0.394 e. The van der Waals surface area contributed by atoms with E-state index >= 15 is 0 Å². The topological polar surface area (TPSA) is 40.5 Å². The smallest absolute Gasteiger partial charge is 0.255 e. The molecule has 1 aromatic carbocycles. The van der Waals surface area contributed by atoms with E-state index in [9.17, 15) is 14.3 Å². The molecule has 1 aliphatic heterocycles. The Morgan fingerprint density at radius 1 is 1.50 bits per heavy atom. The van der Waals surface area contributed by atoms with Crippen LogP contribution in [-0.4, -0.2) is 35.1 Å². The summed E-state index contributed by atoms with van der Waals surface area (Å²) in [5, 5.41) is 9.30. The Hall–Kier alpha value is -0.940. The van der Waals surface area contributed by atoms with Crippen molar-refractivity contribution in [1.82, 2.24) is 4.90 Å². The van der Waals surface area contributed by atoms with Gasteiger partial charge in [-0.05, 0) is 47.3 Å². The van der Waals surface area contributed by atoms with Crippen molar-refractivity contribution in [2.45, 2.75) is 25.3 Å². The van der Waals surface area contributed by atoms with Crippen LogP contribution in [0.15, 0.2) is 22.7 Å². The van der Waals surface area contributed by atoms with Crippen LogP contribution in [-0.2, 0) is 0 Å². The van der Waals surface area contributed by atoms with E-state index in [4.69, 9.17) is 0 Å². The molecule has 0 aromatic heterocycles. The van der Waals surface area contributed by atoms with Gasteiger partial charge in [-0.2, -0.15) is 0 Å². The first kappa shape index (κ1) is 13.5. The predicted molar refractivity (Wildman–Crippen MR) is 69.9 cm³/mol. The third kappa shape index (κ3) is 2.57. The van der Waals surface area contributed by atoms with Gasteiger partial charge in [0, 0.05) is 6.54 Å². The zero-order valence-electron chi connectivity index (χ0n) is 9.90. The van der Waals surface area contributed by atoms with E-state index in [-0.39, 0.29) is 23.0 Å². The summed E-state index contributed by atoms with van der Waals surface area (Å²) < 4.78 is 13.6. The zero-order valence-corrected chi connectivity index (χ0v) is 11.5. The molecule has 0 spiro atoms. The molecular formula is C13H15BrFNO2.